The summed E-state index contributed by atoms with van der Waals surface area (Å²) < 4.78 is 7.74. The van der Waals surface area contributed by atoms with Crippen LogP contribution in [0.1, 0.15) is 29.0 Å². The van der Waals surface area contributed by atoms with Crippen LogP contribution in [0.15, 0.2) is 36.8 Å². The van der Waals surface area contributed by atoms with Crippen molar-refractivity contribution in [1.29, 1.82) is 0 Å². The summed E-state index contributed by atoms with van der Waals surface area (Å²) in [5, 5.41) is 0. The van der Waals surface area contributed by atoms with E-state index in [2.05, 4.69) is 27.6 Å². The predicted molar refractivity (Wildman–Crippen MR) is 76.5 cm³/mol. The van der Waals surface area contributed by atoms with Gasteiger partial charge >= 0.3 is 5.97 Å². The van der Waals surface area contributed by atoms with Gasteiger partial charge in [0.05, 0.1) is 25.7 Å². The van der Waals surface area contributed by atoms with Crippen molar-refractivity contribution in [2.75, 3.05) is 7.11 Å². The predicted octanol–water partition coefficient (Wildman–Crippen LogP) is 2.88. The zero-order chi connectivity index (χ0) is 13.1. The Morgan fingerprint density at radius 1 is 1.39 bits per heavy atom. The number of rotatable bonds is 3. The molecule has 18 heavy (non-hydrogen) atoms. The van der Waals surface area contributed by atoms with Gasteiger partial charge in [0.15, 0.2) is 0 Å². The maximum absolute atomic E-state index is 11.6. The zero-order valence-electron chi connectivity index (χ0n) is 10.1. The number of esters is 1. The van der Waals surface area contributed by atoms with Gasteiger partial charge in [0.1, 0.15) is 5.69 Å². The summed E-state index contributed by atoms with van der Waals surface area (Å²) in [6.07, 6.45) is 3.17. The minimum Gasteiger partial charge on any atom is -0.464 e. The summed E-state index contributed by atoms with van der Waals surface area (Å²) in [4.78, 5) is 15.6. The van der Waals surface area contributed by atoms with Crippen molar-refractivity contribution >= 4 is 28.6 Å². The van der Waals surface area contributed by atoms with Crippen molar-refractivity contribution in [3.8, 4) is 0 Å². The minimum absolute atomic E-state index is 0.0404. The van der Waals surface area contributed by atoms with E-state index in [0.29, 0.717) is 5.69 Å². The van der Waals surface area contributed by atoms with Gasteiger partial charge in [-0.25, -0.2) is 9.78 Å². The van der Waals surface area contributed by atoms with Gasteiger partial charge in [-0.2, -0.15) is 0 Å². The van der Waals surface area contributed by atoms with Crippen LogP contribution in [0.3, 0.4) is 0 Å². The monoisotopic (exact) mass is 352 g/mol. The number of aromatic nitrogens is 2. The van der Waals surface area contributed by atoms with E-state index in [4.69, 9.17) is 4.74 Å². The second-order valence-corrected chi connectivity index (χ2v) is 5.15. The van der Waals surface area contributed by atoms with Gasteiger partial charge in [-0.3, -0.25) is 0 Å². The van der Waals surface area contributed by atoms with Crippen molar-refractivity contribution in [2.45, 2.75) is 13.0 Å². The Bertz CT molecular complexity index is 548. The molecule has 2 aromatic rings. The molecule has 0 saturated heterocycles. The van der Waals surface area contributed by atoms with Crippen molar-refractivity contribution in [3.05, 3.63) is 51.6 Å². The highest BCUT2D eigenvalue weighted by atomic mass is 123. The highest BCUT2D eigenvalue weighted by molar-refractivity contribution is 14.1. The lowest BCUT2D eigenvalue weighted by Gasteiger charge is -2.16. The smallest absolute Gasteiger partial charge is 0.356 e. The first-order chi connectivity index (χ1) is 8.63. The van der Waals surface area contributed by atoms with E-state index in [9.17, 15) is 4.79 Å². The van der Waals surface area contributed by atoms with Crippen molar-refractivity contribution in [3.63, 3.8) is 0 Å². The van der Waals surface area contributed by atoms with Crippen molar-refractivity contribution < 1.29 is 9.53 Å². The number of hydrogen-bond donors (Lipinski definition) is 0. The SMILES string of the molecule is COC(=O)c1cncn1C(C)c1ccc([123I])cc1. The fourth-order valence-electron chi connectivity index (χ4n) is 1.78. The molecule has 2 rings (SSSR count). The molecule has 94 valence electrons. The van der Waals surface area contributed by atoms with Crippen LogP contribution in [0.2, 0.25) is 0 Å². The fraction of sp³-hybridized carbons (Fsp3) is 0.231. The third-order valence-corrected chi connectivity index (χ3v) is 3.55. The Morgan fingerprint density at radius 2 is 2.06 bits per heavy atom. The summed E-state index contributed by atoms with van der Waals surface area (Å²) in [6, 6.07) is 8.22. The van der Waals surface area contributed by atoms with Crippen molar-refractivity contribution in [1.82, 2.24) is 9.55 Å². The summed E-state index contributed by atoms with van der Waals surface area (Å²) in [5.41, 5.74) is 1.59. The number of benzene rings is 1. The molecule has 0 aliphatic carbocycles. The van der Waals surface area contributed by atoms with Gasteiger partial charge in [-0.1, -0.05) is 12.1 Å². The molecule has 1 atom stereocenters. The molecule has 0 aliphatic rings. The maximum Gasteiger partial charge on any atom is 0.356 e. The van der Waals surface area contributed by atoms with Gasteiger partial charge < -0.3 is 9.30 Å². The zero-order valence-corrected chi connectivity index (χ0v) is 12.3. The summed E-state index contributed by atoms with van der Waals surface area (Å²) >= 11 is 2.26. The molecule has 0 bridgehead atoms. The molecule has 0 radical (unpaired) electrons. The standard InChI is InChI=1S/C13H13IN2O2/c1-9(10-3-5-11(14)6-4-10)16-8-15-7-12(16)13(17)18-2/h3-9H,1-2H3/i14-4. The fourth-order valence-corrected chi connectivity index (χ4v) is 2.14. The van der Waals surface area contributed by atoms with Gasteiger partial charge in [0.2, 0.25) is 0 Å². The number of methoxy groups -OCH3 is 1. The van der Waals surface area contributed by atoms with Crippen LogP contribution in [0.25, 0.3) is 0 Å². The molecule has 0 spiro atoms. The number of carbonyl (C=O) groups excluding carboxylic acids is 1. The van der Waals surface area contributed by atoms with E-state index in [-0.39, 0.29) is 12.0 Å². The average Bonchev–Trinajstić information content (AvgIpc) is 2.87. The molecule has 1 aromatic heterocycles. The number of hydrogen-bond acceptors (Lipinski definition) is 3. The molecule has 4 nitrogen and oxygen atoms in total. The normalized spacial score (nSPS) is 12.2. The Labute approximate surface area is 119 Å². The highest BCUT2D eigenvalue weighted by Gasteiger charge is 2.17. The third-order valence-electron chi connectivity index (χ3n) is 2.83. The lowest BCUT2D eigenvalue weighted by atomic mass is 10.1. The Hall–Kier alpha value is -1.37. The molecule has 0 fully saturated rings. The number of nitrogens with zero attached hydrogens (tertiary/aromatic N) is 2. The molecule has 0 N–H and O–H groups in total. The molecule has 1 heterocycles. The largest absolute Gasteiger partial charge is 0.464 e. The number of ether oxygens (including phenoxy) is 1. The van der Waals surface area contributed by atoms with Gasteiger partial charge in [0, 0.05) is 3.57 Å². The van der Waals surface area contributed by atoms with E-state index < -0.39 is 0 Å². The van der Waals surface area contributed by atoms with E-state index in [0.717, 1.165) is 5.56 Å². The highest BCUT2D eigenvalue weighted by Crippen LogP contribution is 2.20. The average molecular weight is 352 g/mol. The van der Waals surface area contributed by atoms with Crippen molar-refractivity contribution in [2.24, 2.45) is 0 Å². The second kappa shape index (κ2) is 5.51. The second-order valence-electron chi connectivity index (χ2n) is 3.91. The number of carbonyl (C=O) groups is 1. The Balaban J connectivity index is 2.34. The first-order valence-corrected chi connectivity index (χ1v) is 6.57. The molecule has 1 unspecified atom stereocenters. The molecular weight excluding hydrogens is 339 g/mol. The van der Waals surface area contributed by atoms with Gasteiger partial charge in [-0.15, -0.1) is 0 Å². The topological polar surface area (TPSA) is 44.1 Å². The van der Waals surface area contributed by atoms with Crippen LogP contribution in [-0.2, 0) is 4.74 Å². The molecular formula is C13H13IN2O2. The quantitative estimate of drug-likeness (QED) is 0.630. The molecule has 0 amide bonds. The number of halogens is 1. The first-order valence-electron chi connectivity index (χ1n) is 5.49. The van der Waals surface area contributed by atoms with Gasteiger partial charge in [0.25, 0.3) is 0 Å². The third kappa shape index (κ3) is 2.55. The minimum atomic E-state index is -0.370. The Kier molecular flexibility index (Phi) is 4.00. The van der Waals surface area contributed by atoms with Crippen LogP contribution in [-0.4, -0.2) is 22.6 Å². The molecule has 5 heteroatoms. The summed E-state index contributed by atoms with van der Waals surface area (Å²) in [5.74, 6) is -0.370. The van der Waals surface area contributed by atoms with E-state index in [1.165, 1.54) is 16.9 Å². The van der Waals surface area contributed by atoms with Crippen LogP contribution in [0, 0.1) is 3.57 Å². The Morgan fingerprint density at radius 3 is 2.67 bits per heavy atom. The lowest BCUT2D eigenvalue weighted by molar-refractivity contribution is 0.0587. The maximum atomic E-state index is 11.6. The van der Waals surface area contributed by atoms with E-state index in [1.54, 1.807) is 6.33 Å². The molecule has 1 aromatic carbocycles. The summed E-state index contributed by atoms with van der Waals surface area (Å²) in [7, 11) is 1.37. The number of imidazole rings is 1. The van der Waals surface area contributed by atoms with Gasteiger partial charge in [-0.05, 0) is 47.2 Å². The summed E-state index contributed by atoms with van der Waals surface area (Å²) in [6.45, 7) is 2.02. The first kappa shape index (κ1) is 13.1. The van der Waals surface area contributed by atoms with Crippen LogP contribution < -0.4 is 0 Å². The van der Waals surface area contributed by atoms with Crippen LogP contribution >= 0.6 is 22.6 Å². The van der Waals surface area contributed by atoms with Crippen LogP contribution in [0.4, 0.5) is 0 Å². The van der Waals surface area contributed by atoms with Crippen LogP contribution in [0.5, 0.6) is 0 Å². The molecule has 0 aliphatic heterocycles. The van der Waals surface area contributed by atoms with E-state index in [1.807, 2.05) is 35.8 Å². The molecule has 0 saturated carbocycles. The lowest BCUT2D eigenvalue weighted by Crippen LogP contribution is -2.14. The van der Waals surface area contributed by atoms with E-state index >= 15 is 0 Å².